The molecule has 7 heteroatoms. The van der Waals surface area contributed by atoms with E-state index in [0.29, 0.717) is 12.1 Å². The summed E-state index contributed by atoms with van der Waals surface area (Å²) in [5, 5.41) is 4.55. The van der Waals surface area contributed by atoms with Gasteiger partial charge in [-0.15, -0.1) is 11.3 Å². The molecule has 0 spiro atoms. The smallest absolute Gasteiger partial charge is 0.152 e. The predicted octanol–water partition coefficient (Wildman–Crippen LogP) is 2.04. The molecule has 1 unspecified atom stereocenters. The van der Waals surface area contributed by atoms with E-state index in [1.165, 1.54) is 4.88 Å². The Hall–Kier alpha value is -1.34. The highest BCUT2D eigenvalue weighted by Crippen LogP contribution is 2.35. The van der Waals surface area contributed by atoms with Gasteiger partial charge in [0.25, 0.3) is 0 Å². The molecule has 0 aromatic carbocycles. The first kappa shape index (κ1) is 13.6. The van der Waals surface area contributed by atoms with Crippen LogP contribution in [-0.4, -0.2) is 29.7 Å². The topological polar surface area (TPSA) is 78.0 Å². The van der Waals surface area contributed by atoms with Crippen LogP contribution in [0.3, 0.4) is 0 Å². The molecule has 1 saturated heterocycles. The van der Waals surface area contributed by atoms with Gasteiger partial charge >= 0.3 is 0 Å². The van der Waals surface area contributed by atoms with Crippen LogP contribution < -0.4 is 5.73 Å². The number of anilines is 1. The van der Waals surface area contributed by atoms with Gasteiger partial charge in [-0.1, -0.05) is 0 Å². The SMILES string of the molecule is Cc1ccc(-c2nn(C3(C)CCS(=O)(=O)C3)cc2N)s1. The van der Waals surface area contributed by atoms with Crippen molar-refractivity contribution < 1.29 is 8.42 Å². The van der Waals surface area contributed by atoms with Crippen molar-refractivity contribution >= 4 is 26.9 Å². The highest BCUT2D eigenvalue weighted by atomic mass is 32.2. The minimum absolute atomic E-state index is 0.129. The number of hydrogen-bond donors (Lipinski definition) is 1. The molecule has 0 bridgehead atoms. The van der Waals surface area contributed by atoms with Gasteiger partial charge in [-0.25, -0.2) is 8.42 Å². The van der Waals surface area contributed by atoms with Gasteiger partial charge < -0.3 is 5.73 Å². The van der Waals surface area contributed by atoms with Gasteiger partial charge in [0.05, 0.1) is 27.6 Å². The van der Waals surface area contributed by atoms with E-state index in [4.69, 9.17) is 5.73 Å². The number of aryl methyl sites for hydroxylation is 1. The molecule has 1 aliphatic heterocycles. The fourth-order valence-electron chi connectivity index (χ4n) is 2.59. The van der Waals surface area contributed by atoms with Crippen LogP contribution >= 0.6 is 11.3 Å². The van der Waals surface area contributed by atoms with Gasteiger partial charge in [0.15, 0.2) is 9.84 Å². The Morgan fingerprint density at radius 3 is 2.75 bits per heavy atom. The molecule has 108 valence electrons. The van der Waals surface area contributed by atoms with E-state index in [2.05, 4.69) is 5.10 Å². The number of thiophene rings is 1. The minimum Gasteiger partial charge on any atom is -0.396 e. The zero-order valence-corrected chi connectivity index (χ0v) is 13.1. The standard InChI is InChI=1S/C13H17N3O2S2/c1-9-3-4-11(19-9)12-10(14)7-16(15-12)13(2)5-6-20(17,18)8-13/h3-4,7H,5-6,8,14H2,1-2H3. The first-order valence-electron chi connectivity index (χ1n) is 6.42. The van der Waals surface area contributed by atoms with Crippen LogP contribution in [0, 0.1) is 6.92 Å². The number of rotatable bonds is 2. The summed E-state index contributed by atoms with van der Waals surface area (Å²) in [7, 11) is -2.97. The maximum atomic E-state index is 11.7. The third-order valence-corrected chi connectivity index (χ3v) is 6.65. The van der Waals surface area contributed by atoms with Gasteiger partial charge in [-0.3, -0.25) is 4.68 Å². The lowest BCUT2D eigenvalue weighted by molar-refractivity contribution is 0.329. The van der Waals surface area contributed by atoms with Gasteiger partial charge in [-0.05, 0) is 32.4 Å². The monoisotopic (exact) mass is 311 g/mol. The minimum atomic E-state index is -2.97. The molecule has 20 heavy (non-hydrogen) atoms. The van der Waals surface area contributed by atoms with Crippen molar-refractivity contribution in [2.75, 3.05) is 17.2 Å². The number of nitrogen functional groups attached to an aromatic ring is 1. The molecule has 5 nitrogen and oxygen atoms in total. The fraction of sp³-hybridized carbons (Fsp3) is 0.462. The van der Waals surface area contributed by atoms with Crippen LogP contribution in [0.4, 0.5) is 5.69 Å². The molecule has 1 aliphatic rings. The van der Waals surface area contributed by atoms with Crippen molar-refractivity contribution in [2.24, 2.45) is 0 Å². The van der Waals surface area contributed by atoms with Crippen molar-refractivity contribution in [1.29, 1.82) is 0 Å². The maximum Gasteiger partial charge on any atom is 0.152 e. The van der Waals surface area contributed by atoms with E-state index in [9.17, 15) is 8.42 Å². The molecular weight excluding hydrogens is 294 g/mol. The zero-order valence-electron chi connectivity index (χ0n) is 11.5. The lowest BCUT2D eigenvalue weighted by Crippen LogP contribution is -2.31. The Kier molecular flexibility index (Phi) is 2.95. The van der Waals surface area contributed by atoms with Crippen LogP contribution in [0.2, 0.25) is 0 Å². The van der Waals surface area contributed by atoms with Gasteiger partial charge in [0.1, 0.15) is 5.69 Å². The fourth-order valence-corrected chi connectivity index (χ4v) is 5.58. The van der Waals surface area contributed by atoms with E-state index in [0.717, 1.165) is 10.6 Å². The summed E-state index contributed by atoms with van der Waals surface area (Å²) >= 11 is 1.64. The van der Waals surface area contributed by atoms with Crippen molar-refractivity contribution in [3.05, 3.63) is 23.2 Å². The van der Waals surface area contributed by atoms with E-state index >= 15 is 0 Å². The molecule has 3 heterocycles. The maximum absolute atomic E-state index is 11.7. The summed E-state index contributed by atoms with van der Waals surface area (Å²) in [6.45, 7) is 3.96. The first-order valence-corrected chi connectivity index (χ1v) is 9.06. The van der Waals surface area contributed by atoms with Gasteiger partial charge in [0, 0.05) is 11.1 Å². The van der Waals surface area contributed by atoms with Gasteiger partial charge in [0.2, 0.25) is 0 Å². The molecule has 3 rings (SSSR count). The Morgan fingerprint density at radius 1 is 1.45 bits per heavy atom. The summed E-state index contributed by atoms with van der Waals surface area (Å²) < 4.78 is 25.2. The molecule has 0 radical (unpaired) electrons. The normalized spacial score (nSPS) is 25.1. The summed E-state index contributed by atoms with van der Waals surface area (Å²) in [6, 6.07) is 4.02. The van der Waals surface area contributed by atoms with Crippen molar-refractivity contribution in [3.8, 4) is 10.6 Å². The lowest BCUT2D eigenvalue weighted by Gasteiger charge is -2.22. The third kappa shape index (κ3) is 2.25. The van der Waals surface area contributed by atoms with Crippen LogP contribution in [0.5, 0.6) is 0 Å². The second kappa shape index (κ2) is 4.33. The number of nitrogens with two attached hydrogens (primary N) is 1. The number of sulfone groups is 1. The molecule has 2 aromatic heterocycles. The average Bonchev–Trinajstić information content (AvgIpc) is 2.99. The Balaban J connectivity index is 2.01. The number of nitrogens with zero attached hydrogens (tertiary/aromatic N) is 2. The van der Waals surface area contributed by atoms with Crippen molar-refractivity contribution in [1.82, 2.24) is 9.78 Å². The van der Waals surface area contributed by atoms with E-state index < -0.39 is 15.4 Å². The third-order valence-electron chi connectivity index (χ3n) is 3.75. The van der Waals surface area contributed by atoms with Crippen molar-refractivity contribution in [3.63, 3.8) is 0 Å². The zero-order chi connectivity index (χ0) is 14.5. The second-order valence-corrected chi connectivity index (χ2v) is 9.10. The van der Waals surface area contributed by atoms with Gasteiger partial charge in [-0.2, -0.15) is 5.10 Å². The number of hydrogen-bond acceptors (Lipinski definition) is 5. The Bertz CT molecular complexity index is 760. The summed E-state index contributed by atoms with van der Waals surface area (Å²) in [6.07, 6.45) is 2.34. The van der Waals surface area contributed by atoms with Crippen LogP contribution in [0.15, 0.2) is 18.3 Å². The summed E-state index contributed by atoms with van der Waals surface area (Å²) in [4.78, 5) is 2.21. The van der Waals surface area contributed by atoms with E-state index in [1.807, 2.05) is 26.0 Å². The average molecular weight is 311 g/mol. The van der Waals surface area contributed by atoms with E-state index in [-0.39, 0.29) is 11.5 Å². The summed E-state index contributed by atoms with van der Waals surface area (Å²) in [5.41, 5.74) is 6.90. The molecule has 1 atom stereocenters. The lowest BCUT2D eigenvalue weighted by atomic mass is 10.0. The quantitative estimate of drug-likeness (QED) is 0.920. The molecule has 2 aromatic rings. The molecule has 0 amide bonds. The second-order valence-electron chi connectivity index (χ2n) is 5.63. The number of aromatic nitrogens is 2. The Labute approximate surface area is 122 Å². The van der Waals surface area contributed by atoms with Crippen LogP contribution in [0.1, 0.15) is 18.2 Å². The van der Waals surface area contributed by atoms with Crippen LogP contribution in [0.25, 0.3) is 10.6 Å². The Morgan fingerprint density at radius 2 is 2.20 bits per heavy atom. The highest BCUT2D eigenvalue weighted by Gasteiger charge is 2.41. The molecular formula is C13H17N3O2S2. The summed E-state index contributed by atoms with van der Waals surface area (Å²) in [5.74, 6) is 0.348. The van der Waals surface area contributed by atoms with Crippen LogP contribution in [-0.2, 0) is 15.4 Å². The molecule has 2 N–H and O–H groups in total. The first-order chi connectivity index (χ1) is 9.29. The predicted molar refractivity (Wildman–Crippen MR) is 81.6 cm³/mol. The highest BCUT2D eigenvalue weighted by molar-refractivity contribution is 7.91. The molecule has 1 fully saturated rings. The molecule has 0 saturated carbocycles. The molecule has 0 aliphatic carbocycles. The van der Waals surface area contributed by atoms with E-state index in [1.54, 1.807) is 22.2 Å². The largest absolute Gasteiger partial charge is 0.396 e. The van der Waals surface area contributed by atoms with Crippen molar-refractivity contribution in [2.45, 2.75) is 25.8 Å².